The van der Waals surface area contributed by atoms with E-state index in [1.165, 1.54) is 0 Å². The normalized spacial score (nSPS) is 19.6. The topological polar surface area (TPSA) is 128 Å². The van der Waals surface area contributed by atoms with Crippen molar-refractivity contribution in [3.63, 3.8) is 0 Å². The average molecular weight is 563 g/mol. The van der Waals surface area contributed by atoms with E-state index >= 15 is 0 Å². The van der Waals surface area contributed by atoms with Crippen LogP contribution in [-0.4, -0.2) is 80.7 Å². The smallest absolute Gasteiger partial charge is 0.261 e. The van der Waals surface area contributed by atoms with Gasteiger partial charge in [-0.3, -0.25) is 24.1 Å². The fourth-order valence-corrected chi connectivity index (χ4v) is 6.64. The van der Waals surface area contributed by atoms with Gasteiger partial charge in [0.2, 0.25) is 5.91 Å². The van der Waals surface area contributed by atoms with Crippen LogP contribution in [0.5, 0.6) is 0 Å². The maximum atomic E-state index is 13.7. The van der Waals surface area contributed by atoms with E-state index in [-0.39, 0.29) is 17.1 Å². The Bertz CT molecular complexity index is 1870. The second kappa shape index (κ2) is 9.94. The number of benzene rings is 1. The molecule has 1 saturated heterocycles. The summed E-state index contributed by atoms with van der Waals surface area (Å²) >= 11 is 0. The third-order valence-corrected chi connectivity index (χ3v) is 8.84. The monoisotopic (exact) mass is 562 g/mol. The molecule has 1 fully saturated rings. The Kier molecular flexibility index (Phi) is 6.18. The Morgan fingerprint density at radius 3 is 2.64 bits per heavy atom. The number of hydrogen-bond acceptors (Lipinski definition) is 7. The molecule has 3 aliphatic rings. The summed E-state index contributed by atoms with van der Waals surface area (Å²) in [6.07, 6.45) is 5.25. The van der Waals surface area contributed by atoms with Crippen molar-refractivity contribution in [2.75, 3.05) is 27.2 Å². The molecule has 3 aromatic heterocycles. The number of imidazole rings is 1. The largest absolute Gasteiger partial charge is 0.341 e. The molecule has 3 amide bonds. The van der Waals surface area contributed by atoms with E-state index in [1.54, 1.807) is 22.9 Å². The zero-order valence-electron chi connectivity index (χ0n) is 23.4. The van der Waals surface area contributed by atoms with Gasteiger partial charge < -0.3 is 19.7 Å². The van der Waals surface area contributed by atoms with Crippen LogP contribution in [0.15, 0.2) is 48.8 Å². The molecule has 0 bridgehead atoms. The maximum Gasteiger partial charge on any atom is 0.261 e. The van der Waals surface area contributed by atoms with Crippen molar-refractivity contribution in [1.29, 1.82) is 5.26 Å². The summed E-state index contributed by atoms with van der Waals surface area (Å²) in [4.78, 5) is 48.6. The molecule has 42 heavy (non-hydrogen) atoms. The Morgan fingerprint density at radius 2 is 1.88 bits per heavy atom. The lowest BCUT2D eigenvalue weighted by atomic mass is 9.95. The fraction of sp³-hybridized carbons (Fsp3) is 0.323. The van der Waals surface area contributed by atoms with E-state index in [1.807, 2.05) is 39.8 Å². The standard InChI is InChI=1S/C31H30N8O3/c1-36(2)19-8-11-37(12-9-19)31(42)23-17-39-20(14-32)13-22-21(7-6-18(15-33-23)28(22)39)26-27(30(41)35-29(26)40)24-16-34-25-5-3-4-10-38(24)25/h3-7,10,13,16,19,23,33H,8-9,11-12,15,17H2,1-2H3,(H,35,40,41). The molecule has 1 atom stereocenters. The Morgan fingerprint density at radius 1 is 1.10 bits per heavy atom. The van der Waals surface area contributed by atoms with Crippen LogP contribution in [0.2, 0.25) is 0 Å². The molecule has 0 aliphatic carbocycles. The summed E-state index contributed by atoms with van der Waals surface area (Å²) in [7, 11) is 4.15. The first-order valence-electron chi connectivity index (χ1n) is 14.1. The van der Waals surface area contributed by atoms with Gasteiger partial charge in [-0.2, -0.15) is 5.26 Å². The van der Waals surface area contributed by atoms with Gasteiger partial charge in [-0.1, -0.05) is 18.2 Å². The Hall–Kier alpha value is -4.79. The molecule has 2 N–H and O–H groups in total. The van der Waals surface area contributed by atoms with Gasteiger partial charge in [0, 0.05) is 43.8 Å². The van der Waals surface area contributed by atoms with Crippen molar-refractivity contribution >= 4 is 45.4 Å². The summed E-state index contributed by atoms with van der Waals surface area (Å²) in [5.74, 6) is -0.958. The van der Waals surface area contributed by atoms with Crippen molar-refractivity contribution in [3.8, 4) is 6.07 Å². The van der Waals surface area contributed by atoms with Gasteiger partial charge in [-0.05, 0) is 56.3 Å². The van der Waals surface area contributed by atoms with Crippen LogP contribution in [0.3, 0.4) is 0 Å². The van der Waals surface area contributed by atoms with Crippen LogP contribution < -0.4 is 10.6 Å². The van der Waals surface area contributed by atoms with Crippen molar-refractivity contribution in [2.45, 2.75) is 38.0 Å². The van der Waals surface area contributed by atoms with Gasteiger partial charge in [0.05, 0.1) is 28.6 Å². The number of fused-ring (bicyclic) bond motifs is 1. The van der Waals surface area contributed by atoms with Crippen LogP contribution in [0.4, 0.5) is 0 Å². The quantitative estimate of drug-likeness (QED) is 0.363. The predicted octanol–water partition coefficient (Wildman–Crippen LogP) is 1.75. The van der Waals surface area contributed by atoms with E-state index in [0.29, 0.717) is 60.2 Å². The Balaban J connectivity index is 1.31. The number of nitrogens with zero attached hydrogens (tertiary/aromatic N) is 6. The molecule has 1 unspecified atom stereocenters. The molecule has 11 heteroatoms. The van der Waals surface area contributed by atoms with E-state index < -0.39 is 17.9 Å². The molecule has 212 valence electrons. The molecule has 6 heterocycles. The first-order chi connectivity index (χ1) is 20.4. The molecule has 3 aliphatic heterocycles. The fourth-order valence-electron chi connectivity index (χ4n) is 6.64. The molecule has 0 radical (unpaired) electrons. The second-order valence-corrected chi connectivity index (χ2v) is 11.3. The van der Waals surface area contributed by atoms with Crippen LogP contribution in [0.25, 0.3) is 27.7 Å². The minimum Gasteiger partial charge on any atom is -0.341 e. The number of pyridine rings is 1. The lowest BCUT2D eigenvalue weighted by Crippen LogP contribution is -2.52. The van der Waals surface area contributed by atoms with E-state index in [4.69, 9.17) is 0 Å². The zero-order valence-corrected chi connectivity index (χ0v) is 23.4. The number of likely N-dealkylation sites (tertiary alicyclic amines) is 1. The molecule has 11 nitrogen and oxygen atoms in total. The number of hydrogen-bond donors (Lipinski definition) is 2. The highest BCUT2D eigenvalue weighted by atomic mass is 16.2. The highest BCUT2D eigenvalue weighted by Crippen LogP contribution is 2.38. The van der Waals surface area contributed by atoms with Gasteiger partial charge in [0.15, 0.2) is 0 Å². The number of amides is 3. The molecular weight excluding hydrogens is 532 g/mol. The van der Waals surface area contributed by atoms with Gasteiger partial charge >= 0.3 is 0 Å². The van der Waals surface area contributed by atoms with E-state index in [9.17, 15) is 19.6 Å². The molecular formula is C31H30N8O3. The predicted molar refractivity (Wildman–Crippen MR) is 156 cm³/mol. The van der Waals surface area contributed by atoms with Crippen LogP contribution in [0.1, 0.15) is 35.4 Å². The van der Waals surface area contributed by atoms with Gasteiger partial charge in [0.25, 0.3) is 11.8 Å². The number of carbonyl (C=O) groups is 3. The first kappa shape index (κ1) is 26.1. The van der Waals surface area contributed by atoms with Crippen molar-refractivity contribution in [2.24, 2.45) is 0 Å². The lowest BCUT2D eigenvalue weighted by molar-refractivity contribution is -0.135. The average Bonchev–Trinajstić information content (AvgIpc) is 3.62. The van der Waals surface area contributed by atoms with Gasteiger partial charge in [0.1, 0.15) is 23.5 Å². The lowest BCUT2D eigenvalue weighted by Gasteiger charge is -2.36. The summed E-state index contributed by atoms with van der Waals surface area (Å²) in [6, 6.07) is 13.3. The summed E-state index contributed by atoms with van der Waals surface area (Å²) in [6.45, 7) is 2.12. The number of carbonyl (C=O) groups excluding carboxylic acids is 3. The molecule has 1 aromatic carbocycles. The molecule has 4 aromatic rings. The van der Waals surface area contributed by atoms with Crippen LogP contribution >= 0.6 is 0 Å². The van der Waals surface area contributed by atoms with E-state index in [2.05, 4.69) is 40.7 Å². The minimum absolute atomic E-state index is 0.0318. The third-order valence-electron chi connectivity index (χ3n) is 8.84. The van der Waals surface area contributed by atoms with Crippen molar-refractivity contribution in [1.82, 2.24) is 34.4 Å². The number of nitriles is 1. The number of nitrogens with one attached hydrogen (secondary N) is 2. The van der Waals surface area contributed by atoms with Crippen LogP contribution in [0, 0.1) is 11.3 Å². The summed E-state index contributed by atoms with van der Waals surface area (Å²) in [5, 5.41) is 16.7. The van der Waals surface area contributed by atoms with Gasteiger partial charge in [-0.25, -0.2) is 4.98 Å². The van der Waals surface area contributed by atoms with E-state index in [0.717, 1.165) is 23.9 Å². The maximum absolute atomic E-state index is 13.7. The summed E-state index contributed by atoms with van der Waals surface area (Å²) < 4.78 is 3.66. The number of piperidine rings is 1. The first-order valence-corrected chi connectivity index (χ1v) is 14.1. The number of rotatable bonds is 4. The molecule has 7 rings (SSSR count). The Labute approximate surface area is 242 Å². The third kappa shape index (κ3) is 4.02. The van der Waals surface area contributed by atoms with Crippen molar-refractivity contribution < 1.29 is 14.4 Å². The zero-order chi connectivity index (χ0) is 29.1. The summed E-state index contributed by atoms with van der Waals surface area (Å²) in [5.41, 5.74) is 4.30. The SMILES string of the molecule is CN(C)C1CCN(C(=O)C2Cn3c(C#N)cc4c(C5=C(c6cnc7ccccn67)C(=O)NC5=O)ccc(c43)CN2)CC1. The highest BCUT2D eigenvalue weighted by Gasteiger charge is 2.37. The molecule has 0 spiro atoms. The van der Waals surface area contributed by atoms with Crippen LogP contribution in [-0.2, 0) is 27.5 Å². The minimum atomic E-state index is -0.497. The van der Waals surface area contributed by atoms with Crippen molar-refractivity contribution in [3.05, 3.63) is 71.3 Å². The highest BCUT2D eigenvalue weighted by molar-refractivity contribution is 6.49. The van der Waals surface area contributed by atoms with Gasteiger partial charge in [-0.15, -0.1) is 0 Å². The second-order valence-electron chi connectivity index (χ2n) is 11.3. The number of aromatic nitrogens is 3. The molecule has 0 saturated carbocycles. The number of imide groups is 1.